The predicted octanol–water partition coefficient (Wildman–Crippen LogP) is 4.40. The van der Waals surface area contributed by atoms with Crippen molar-refractivity contribution in [2.75, 3.05) is 28.1 Å². The summed E-state index contributed by atoms with van der Waals surface area (Å²) in [7, 11) is 4.78. The van der Waals surface area contributed by atoms with Crippen molar-refractivity contribution in [2.24, 2.45) is 11.8 Å². The fourth-order valence-corrected chi connectivity index (χ4v) is 4.48. The first-order valence-corrected chi connectivity index (χ1v) is 10.4. The Morgan fingerprint density at radius 3 is 2.06 bits per heavy atom. The highest BCUT2D eigenvalue weighted by Crippen LogP contribution is 2.56. The molecule has 0 aromatic heterocycles. The monoisotopic (exact) mass is 428 g/mol. The molecule has 0 unspecified atom stereocenters. The van der Waals surface area contributed by atoms with Crippen LogP contribution in [-0.2, 0) is 17.6 Å². The summed E-state index contributed by atoms with van der Waals surface area (Å²) in [6, 6.07) is 3.97. The Labute approximate surface area is 182 Å². The van der Waals surface area contributed by atoms with Gasteiger partial charge in [0.05, 0.1) is 21.3 Å². The Balaban J connectivity index is 2.14. The lowest BCUT2D eigenvalue weighted by Crippen LogP contribution is -2.18. The van der Waals surface area contributed by atoms with E-state index < -0.39 is 5.97 Å². The quantitative estimate of drug-likeness (QED) is 0.528. The van der Waals surface area contributed by atoms with Gasteiger partial charge in [0.2, 0.25) is 18.3 Å². The van der Waals surface area contributed by atoms with Gasteiger partial charge in [-0.05, 0) is 47.9 Å². The van der Waals surface area contributed by atoms with Gasteiger partial charge in [0, 0.05) is 18.1 Å². The van der Waals surface area contributed by atoms with Crippen LogP contribution < -0.4 is 28.4 Å². The zero-order valence-corrected chi connectivity index (χ0v) is 18.8. The number of hydrogen-bond donors (Lipinski definition) is 0. The molecule has 1 aliphatic carbocycles. The van der Waals surface area contributed by atoms with Crippen LogP contribution in [0.3, 0.4) is 0 Å². The first-order valence-electron chi connectivity index (χ1n) is 10.4. The minimum atomic E-state index is -0.435. The Bertz CT molecular complexity index is 1030. The third-order valence-electron chi connectivity index (χ3n) is 6.16. The fourth-order valence-electron chi connectivity index (χ4n) is 4.48. The minimum absolute atomic E-state index is 0.0778. The van der Waals surface area contributed by atoms with Gasteiger partial charge in [-0.2, -0.15) is 0 Å². The van der Waals surface area contributed by atoms with Crippen LogP contribution >= 0.6 is 0 Å². The SMILES string of the molecule is COc1cc2c(c(OC)c1OC)-c1c(cc3c(c1OC(C)=O)OCO3)C[C@H](C)[C@H](C)C2. The van der Waals surface area contributed by atoms with Gasteiger partial charge in [0.1, 0.15) is 0 Å². The maximum absolute atomic E-state index is 12.1. The summed E-state index contributed by atoms with van der Waals surface area (Å²) in [5, 5.41) is 0. The summed E-state index contributed by atoms with van der Waals surface area (Å²) >= 11 is 0. The number of rotatable bonds is 4. The largest absolute Gasteiger partial charge is 0.493 e. The molecule has 1 aliphatic heterocycles. The van der Waals surface area contributed by atoms with E-state index in [0.717, 1.165) is 35.1 Å². The van der Waals surface area contributed by atoms with Crippen molar-refractivity contribution in [3.05, 3.63) is 23.3 Å². The molecule has 0 N–H and O–H groups in total. The Morgan fingerprint density at radius 2 is 1.48 bits per heavy atom. The van der Waals surface area contributed by atoms with Crippen LogP contribution in [0.25, 0.3) is 11.1 Å². The predicted molar refractivity (Wildman–Crippen MR) is 115 cm³/mol. The fraction of sp³-hybridized carbons (Fsp3) is 0.458. The molecular weight excluding hydrogens is 400 g/mol. The summed E-state index contributed by atoms with van der Waals surface area (Å²) in [6.07, 6.45) is 1.60. The van der Waals surface area contributed by atoms with E-state index in [9.17, 15) is 4.79 Å². The lowest BCUT2D eigenvalue weighted by atomic mass is 9.77. The van der Waals surface area contributed by atoms with E-state index in [0.29, 0.717) is 46.3 Å². The smallest absolute Gasteiger partial charge is 0.308 e. The Morgan fingerprint density at radius 1 is 0.871 bits per heavy atom. The minimum Gasteiger partial charge on any atom is -0.493 e. The van der Waals surface area contributed by atoms with Crippen molar-refractivity contribution in [1.29, 1.82) is 0 Å². The van der Waals surface area contributed by atoms with E-state index >= 15 is 0 Å². The molecule has 2 aromatic rings. The number of ether oxygens (including phenoxy) is 6. The molecule has 0 fully saturated rings. The summed E-state index contributed by atoms with van der Waals surface area (Å²) in [4.78, 5) is 12.1. The number of esters is 1. The van der Waals surface area contributed by atoms with Crippen LogP contribution in [0.5, 0.6) is 34.5 Å². The van der Waals surface area contributed by atoms with Crippen molar-refractivity contribution in [3.8, 4) is 45.6 Å². The number of methoxy groups -OCH3 is 3. The van der Waals surface area contributed by atoms with Gasteiger partial charge in [-0.15, -0.1) is 0 Å². The average Bonchev–Trinajstić information content (AvgIpc) is 3.20. The summed E-state index contributed by atoms with van der Waals surface area (Å²) in [5.41, 5.74) is 3.63. The molecule has 0 amide bonds. The van der Waals surface area contributed by atoms with Crippen molar-refractivity contribution in [1.82, 2.24) is 0 Å². The van der Waals surface area contributed by atoms with Crippen LogP contribution in [0.1, 0.15) is 31.9 Å². The van der Waals surface area contributed by atoms with Crippen molar-refractivity contribution in [2.45, 2.75) is 33.6 Å². The molecular formula is C24H28O7. The molecule has 0 bridgehead atoms. The van der Waals surface area contributed by atoms with E-state index in [1.165, 1.54) is 6.92 Å². The first-order chi connectivity index (χ1) is 14.9. The molecule has 166 valence electrons. The van der Waals surface area contributed by atoms with Crippen LogP contribution in [0.4, 0.5) is 0 Å². The van der Waals surface area contributed by atoms with E-state index in [1.54, 1.807) is 21.3 Å². The topological polar surface area (TPSA) is 72.5 Å². The maximum atomic E-state index is 12.1. The van der Waals surface area contributed by atoms with Gasteiger partial charge in [0.25, 0.3) is 0 Å². The zero-order valence-electron chi connectivity index (χ0n) is 18.8. The Hall–Kier alpha value is -3.09. The third-order valence-corrected chi connectivity index (χ3v) is 6.16. The van der Waals surface area contributed by atoms with Gasteiger partial charge >= 0.3 is 5.97 Å². The second-order valence-electron chi connectivity index (χ2n) is 8.11. The summed E-state index contributed by atoms with van der Waals surface area (Å²) in [5.74, 6) is 3.33. The highest BCUT2D eigenvalue weighted by molar-refractivity contribution is 5.90. The number of fused-ring (bicyclic) bond motifs is 4. The molecule has 0 saturated heterocycles. The average molecular weight is 428 g/mol. The molecule has 0 spiro atoms. The summed E-state index contributed by atoms with van der Waals surface area (Å²) < 4.78 is 34.2. The molecule has 7 nitrogen and oxygen atoms in total. The molecule has 2 aliphatic rings. The van der Waals surface area contributed by atoms with Gasteiger partial charge in [-0.1, -0.05) is 13.8 Å². The maximum Gasteiger partial charge on any atom is 0.308 e. The summed E-state index contributed by atoms with van der Waals surface area (Å²) in [6.45, 7) is 5.92. The van der Waals surface area contributed by atoms with Crippen molar-refractivity contribution < 1.29 is 33.2 Å². The lowest BCUT2D eigenvalue weighted by Gasteiger charge is -2.30. The third kappa shape index (κ3) is 3.52. The molecule has 31 heavy (non-hydrogen) atoms. The number of carbonyl (C=O) groups excluding carboxylic acids is 1. The molecule has 4 rings (SSSR count). The van der Waals surface area contributed by atoms with Gasteiger partial charge in [-0.25, -0.2) is 0 Å². The number of carbonyl (C=O) groups is 1. The molecule has 0 saturated carbocycles. The number of benzene rings is 2. The van der Waals surface area contributed by atoms with E-state index in [-0.39, 0.29) is 6.79 Å². The van der Waals surface area contributed by atoms with Gasteiger partial charge < -0.3 is 28.4 Å². The lowest BCUT2D eigenvalue weighted by molar-refractivity contribution is -0.131. The highest BCUT2D eigenvalue weighted by Gasteiger charge is 2.35. The van der Waals surface area contributed by atoms with Crippen molar-refractivity contribution >= 4 is 5.97 Å². The van der Waals surface area contributed by atoms with Crippen LogP contribution in [-0.4, -0.2) is 34.1 Å². The molecule has 1 heterocycles. The highest BCUT2D eigenvalue weighted by atomic mass is 16.7. The standard InChI is InChI=1S/C24H28O7/c1-12-7-15-9-17(26-4)21(27-5)23(28-6)19(15)20-16(8-13(12)2)10-18-22(30-11-29-18)24(20)31-14(3)25/h9-10,12-13H,7-8,11H2,1-6H3/t12-,13+/m1/s1. The van der Waals surface area contributed by atoms with Crippen molar-refractivity contribution in [3.63, 3.8) is 0 Å². The molecule has 7 heteroatoms. The molecule has 0 radical (unpaired) electrons. The van der Waals surface area contributed by atoms with Gasteiger partial charge in [0.15, 0.2) is 23.0 Å². The van der Waals surface area contributed by atoms with Crippen LogP contribution in [0.2, 0.25) is 0 Å². The second-order valence-corrected chi connectivity index (χ2v) is 8.11. The normalized spacial score (nSPS) is 18.9. The van der Waals surface area contributed by atoms with E-state index in [4.69, 9.17) is 28.4 Å². The van der Waals surface area contributed by atoms with Crippen LogP contribution in [0.15, 0.2) is 12.1 Å². The van der Waals surface area contributed by atoms with Crippen LogP contribution in [0, 0.1) is 11.8 Å². The number of hydrogen-bond acceptors (Lipinski definition) is 7. The molecule has 2 atom stereocenters. The van der Waals surface area contributed by atoms with Gasteiger partial charge in [-0.3, -0.25) is 4.79 Å². The first kappa shape index (κ1) is 21.2. The Kier molecular flexibility index (Phi) is 5.60. The van der Waals surface area contributed by atoms with E-state index in [2.05, 4.69) is 13.8 Å². The second kappa shape index (κ2) is 8.21. The van der Waals surface area contributed by atoms with E-state index in [1.807, 2.05) is 12.1 Å². The zero-order chi connectivity index (χ0) is 22.3. The molecule has 2 aromatic carbocycles.